The number of ether oxygens (including phenoxy) is 1. The van der Waals surface area contributed by atoms with E-state index in [1.807, 2.05) is 0 Å². The van der Waals surface area contributed by atoms with Crippen LogP contribution in [0.4, 0.5) is 0 Å². The lowest BCUT2D eigenvalue weighted by atomic mass is 10.0. The molecule has 0 spiro atoms. The van der Waals surface area contributed by atoms with Crippen molar-refractivity contribution >= 4 is 0 Å². The molecule has 2 atom stereocenters. The molecule has 17 heavy (non-hydrogen) atoms. The van der Waals surface area contributed by atoms with Gasteiger partial charge in [-0.25, -0.2) is 0 Å². The molecular weight excluding hydrogens is 210 g/mol. The number of rotatable bonds is 5. The molecule has 2 heteroatoms. The largest absolute Gasteiger partial charge is 0.494 e. The molecule has 0 aromatic heterocycles. The van der Waals surface area contributed by atoms with Crippen molar-refractivity contribution < 1.29 is 4.74 Å². The van der Waals surface area contributed by atoms with Crippen LogP contribution in [0.3, 0.4) is 0 Å². The zero-order chi connectivity index (χ0) is 12.1. The SMILES string of the molecule is CNC1CCCC1CCOc1ccc(C)cc1. The fraction of sp³-hybridized carbons (Fsp3) is 0.600. The number of benzene rings is 1. The lowest BCUT2D eigenvalue weighted by Gasteiger charge is -2.18. The summed E-state index contributed by atoms with van der Waals surface area (Å²) in [7, 11) is 2.07. The van der Waals surface area contributed by atoms with Crippen molar-refractivity contribution in [3.05, 3.63) is 29.8 Å². The molecule has 2 unspecified atom stereocenters. The maximum atomic E-state index is 5.79. The van der Waals surface area contributed by atoms with E-state index in [0.29, 0.717) is 6.04 Å². The van der Waals surface area contributed by atoms with Crippen LogP contribution in [-0.2, 0) is 0 Å². The Hall–Kier alpha value is -1.02. The summed E-state index contributed by atoms with van der Waals surface area (Å²) < 4.78 is 5.79. The van der Waals surface area contributed by atoms with E-state index in [1.54, 1.807) is 0 Å². The van der Waals surface area contributed by atoms with Crippen molar-refractivity contribution in [3.63, 3.8) is 0 Å². The highest BCUT2D eigenvalue weighted by atomic mass is 16.5. The van der Waals surface area contributed by atoms with Gasteiger partial charge in [0.1, 0.15) is 5.75 Å². The molecule has 94 valence electrons. The van der Waals surface area contributed by atoms with Gasteiger partial charge in [0.2, 0.25) is 0 Å². The minimum absolute atomic E-state index is 0.705. The maximum Gasteiger partial charge on any atom is 0.119 e. The van der Waals surface area contributed by atoms with E-state index in [4.69, 9.17) is 4.74 Å². The molecule has 0 aliphatic heterocycles. The number of aryl methyl sites for hydroxylation is 1. The molecule has 0 radical (unpaired) electrons. The van der Waals surface area contributed by atoms with Crippen molar-refractivity contribution in [3.8, 4) is 5.75 Å². The second-order valence-electron chi connectivity index (χ2n) is 5.04. The van der Waals surface area contributed by atoms with Crippen LogP contribution in [0.1, 0.15) is 31.2 Å². The van der Waals surface area contributed by atoms with Gasteiger partial charge >= 0.3 is 0 Å². The zero-order valence-corrected chi connectivity index (χ0v) is 10.9. The van der Waals surface area contributed by atoms with Crippen LogP contribution in [0.5, 0.6) is 5.75 Å². The molecule has 2 rings (SSSR count). The van der Waals surface area contributed by atoms with Crippen LogP contribution in [0.2, 0.25) is 0 Å². The average molecular weight is 233 g/mol. The smallest absolute Gasteiger partial charge is 0.119 e. The Bertz CT molecular complexity index is 333. The van der Waals surface area contributed by atoms with E-state index in [1.165, 1.54) is 31.2 Å². The third kappa shape index (κ3) is 3.47. The van der Waals surface area contributed by atoms with Gasteiger partial charge < -0.3 is 10.1 Å². The van der Waals surface area contributed by atoms with Gasteiger partial charge in [-0.05, 0) is 51.3 Å². The summed E-state index contributed by atoms with van der Waals surface area (Å²) in [4.78, 5) is 0. The summed E-state index contributed by atoms with van der Waals surface area (Å²) >= 11 is 0. The molecule has 2 nitrogen and oxygen atoms in total. The first-order valence-electron chi connectivity index (χ1n) is 6.66. The fourth-order valence-electron chi connectivity index (χ4n) is 2.73. The van der Waals surface area contributed by atoms with E-state index in [2.05, 4.69) is 43.6 Å². The highest BCUT2D eigenvalue weighted by molar-refractivity contribution is 5.26. The summed E-state index contributed by atoms with van der Waals surface area (Å²) in [5.41, 5.74) is 1.28. The van der Waals surface area contributed by atoms with Gasteiger partial charge in [0, 0.05) is 6.04 Å². The van der Waals surface area contributed by atoms with Gasteiger partial charge in [-0.2, -0.15) is 0 Å². The highest BCUT2D eigenvalue weighted by Gasteiger charge is 2.25. The Morgan fingerprint density at radius 1 is 1.24 bits per heavy atom. The van der Waals surface area contributed by atoms with E-state index in [0.717, 1.165) is 18.3 Å². The second-order valence-corrected chi connectivity index (χ2v) is 5.04. The summed E-state index contributed by atoms with van der Waals surface area (Å²) in [5, 5.41) is 3.41. The minimum atomic E-state index is 0.705. The topological polar surface area (TPSA) is 21.3 Å². The molecule has 0 saturated heterocycles. The van der Waals surface area contributed by atoms with E-state index >= 15 is 0 Å². The van der Waals surface area contributed by atoms with Crippen LogP contribution in [0.15, 0.2) is 24.3 Å². The molecule has 1 aliphatic carbocycles. The van der Waals surface area contributed by atoms with Gasteiger partial charge in [-0.1, -0.05) is 24.1 Å². The Morgan fingerprint density at radius 3 is 2.71 bits per heavy atom. The van der Waals surface area contributed by atoms with Gasteiger partial charge in [0.05, 0.1) is 6.61 Å². The molecule has 1 aromatic rings. The summed E-state index contributed by atoms with van der Waals surface area (Å²) in [5.74, 6) is 1.79. The third-order valence-corrected chi connectivity index (χ3v) is 3.81. The third-order valence-electron chi connectivity index (χ3n) is 3.81. The van der Waals surface area contributed by atoms with Gasteiger partial charge in [-0.15, -0.1) is 0 Å². The van der Waals surface area contributed by atoms with Crippen molar-refractivity contribution in [2.45, 2.75) is 38.6 Å². The van der Waals surface area contributed by atoms with Crippen LogP contribution >= 0.6 is 0 Å². The second kappa shape index (κ2) is 6.06. The summed E-state index contributed by atoms with van der Waals surface area (Å²) in [6.45, 7) is 2.94. The van der Waals surface area contributed by atoms with Crippen LogP contribution in [0, 0.1) is 12.8 Å². The Labute approximate surface area is 104 Å². The van der Waals surface area contributed by atoms with E-state index < -0.39 is 0 Å². The first kappa shape index (κ1) is 12.4. The Balaban J connectivity index is 1.74. The Kier molecular flexibility index (Phi) is 4.43. The monoisotopic (exact) mass is 233 g/mol. The first-order valence-corrected chi connectivity index (χ1v) is 6.66. The minimum Gasteiger partial charge on any atom is -0.494 e. The lowest BCUT2D eigenvalue weighted by molar-refractivity contribution is 0.263. The fourth-order valence-corrected chi connectivity index (χ4v) is 2.73. The molecule has 1 aliphatic rings. The Morgan fingerprint density at radius 2 is 2.00 bits per heavy atom. The molecule has 1 saturated carbocycles. The van der Waals surface area contributed by atoms with Crippen LogP contribution in [-0.4, -0.2) is 19.7 Å². The standard InChI is InChI=1S/C15H23NO/c1-12-6-8-14(9-7-12)17-11-10-13-4-3-5-15(13)16-2/h6-9,13,15-16H,3-5,10-11H2,1-2H3. The van der Waals surface area contributed by atoms with E-state index in [9.17, 15) is 0 Å². The van der Waals surface area contributed by atoms with Crippen LogP contribution in [0.25, 0.3) is 0 Å². The lowest BCUT2D eigenvalue weighted by Crippen LogP contribution is -2.29. The molecule has 0 amide bonds. The van der Waals surface area contributed by atoms with Crippen molar-refractivity contribution in [1.29, 1.82) is 0 Å². The first-order chi connectivity index (χ1) is 8.29. The predicted molar refractivity (Wildman–Crippen MR) is 71.5 cm³/mol. The molecule has 0 bridgehead atoms. The zero-order valence-electron chi connectivity index (χ0n) is 10.9. The predicted octanol–water partition coefficient (Wildman–Crippen LogP) is 3.15. The summed E-state index contributed by atoms with van der Waals surface area (Å²) in [6, 6.07) is 9.01. The molecule has 1 aromatic carbocycles. The average Bonchev–Trinajstić information content (AvgIpc) is 2.79. The molecular formula is C15H23NO. The summed E-state index contributed by atoms with van der Waals surface area (Å²) in [6.07, 6.45) is 5.20. The molecule has 0 heterocycles. The number of hydrogen-bond acceptors (Lipinski definition) is 2. The highest BCUT2D eigenvalue weighted by Crippen LogP contribution is 2.28. The maximum absolute atomic E-state index is 5.79. The van der Waals surface area contributed by atoms with Crippen LogP contribution < -0.4 is 10.1 Å². The number of hydrogen-bond donors (Lipinski definition) is 1. The van der Waals surface area contributed by atoms with Gasteiger partial charge in [0.25, 0.3) is 0 Å². The normalized spacial score (nSPS) is 23.9. The van der Waals surface area contributed by atoms with E-state index in [-0.39, 0.29) is 0 Å². The molecule has 1 fully saturated rings. The quantitative estimate of drug-likeness (QED) is 0.843. The van der Waals surface area contributed by atoms with Crippen molar-refractivity contribution in [2.24, 2.45) is 5.92 Å². The number of nitrogens with one attached hydrogen (secondary N) is 1. The van der Waals surface area contributed by atoms with Gasteiger partial charge in [0.15, 0.2) is 0 Å². The van der Waals surface area contributed by atoms with Gasteiger partial charge in [-0.3, -0.25) is 0 Å². The van der Waals surface area contributed by atoms with Crippen molar-refractivity contribution in [1.82, 2.24) is 5.32 Å². The van der Waals surface area contributed by atoms with Crippen molar-refractivity contribution in [2.75, 3.05) is 13.7 Å². The molecule has 1 N–H and O–H groups in total.